The van der Waals surface area contributed by atoms with Crippen LogP contribution in [0.1, 0.15) is 0 Å². The number of hydrogen-bond acceptors (Lipinski definition) is 5. The third-order valence-electron chi connectivity index (χ3n) is 2.77. The number of nitrogens with one attached hydrogen (secondary N) is 1. The number of aromatic nitrogens is 2. The maximum Gasteiger partial charge on any atom is 0.215 e. The molecule has 0 amide bonds. The molecule has 0 aliphatic rings. The summed E-state index contributed by atoms with van der Waals surface area (Å²) in [5.41, 5.74) is 2.72. The summed E-state index contributed by atoms with van der Waals surface area (Å²) in [4.78, 5) is 20.7. The van der Waals surface area contributed by atoms with Crippen molar-refractivity contribution < 1.29 is 5.21 Å². The van der Waals surface area contributed by atoms with Gasteiger partial charge >= 0.3 is 0 Å². The van der Waals surface area contributed by atoms with Crippen LogP contribution in [0, 0.1) is 0 Å². The summed E-state index contributed by atoms with van der Waals surface area (Å²) in [5.74, 6) is 0. The lowest BCUT2D eigenvalue weighted by Crippen LogP contribution is -2.06. The Labute approximate surface area is 102 Å². The van der Waals surface area contributed by atoms with Gasteiger partial charge in [-0.3, -0.25) is 15.5 Å². The predicted molar refractivity (Wildman–Crippen MR) is 68.7 cm³/mol. The van der Waals surface area contributed by atoms with Gasteiger partial charge in [0.05, 0.1) is 10.9 Å². The smallest absolute Gasteiger partial charge is 0.215 e. The number of hydrogen-bond donors (Lipinski definition) is 2. The van der Waals surface area contributed by atoms with E-state index in [-0.39, 0.29) is 11.1 Å². The molecule has 0 saturated heterocycles. The van der Waals surface area contributed by atoms with Crippen LogP contribution in [-0.2, 0) is 0 Å². The quantitative estimate of drug-likeness (QED) is 0.635. The van der Waals surface area contributed by atoms with Gasteiger partial charge in [0.25, 0.3) is 0 Å². The number of nitrogens with zero attached hydrogens (tertiary/aromatic N) is 2. The summed E-state index contributed by atoms with van der Waals surface area (Å²) in [6.45, 7) is 0. The summed E-state index contributed by atoms with van der Waals surface area (Å²) in [6.07, 6.45) is 1.58. The molecule has 0 aliphatic heterocycles. The number of rotatable bonds is 1. The third kappa shape index (κ3) is 1.49. The Balaban J connectivity index is 2.68. The second-order valence-corrected chi connectivity index (χ2v) is 3.82. The lowest BCUT2D eigenvalue weighted by molar-refractivity contribution is 0.389. The van der Waals surface area contributed by atoms with Crippen LogP contribution in [0.25, 0.3) is 21.9 Å². The van der Waals surface area contributed by atoms with Crippen molar-refractivity contribution in [3.05, 3.63) is 52.8 Å². The van der Waals surface area contributed by atoms with Crippen LogP contribution in [0.4, 0.5) is 5.69 Å². The Morgan fingerprint density at radius 1 is 1.06 bits per heavy atom. The van der Waals surface area contributed by atoms with Crippen molar-refractivity contribution in [2.24, 2.45) is 0 Å². The summed E-state index contributed by atoms with van der Waals surface area (Å²) in [7, 11) is 0. The van der Waals surface area contributed by atoms with E-state index in [2.05, 4.69) is 9.97 Å². The minimum atomic E-state index is -0.325. The van der Waals surface area contributed by atoms with E-state index in [1.165, 1.54) is 0 Å². The average molecular weight is 239 g/mol. The molecule has 2 aromatic heterocycles. The SMILES string of the molecule is O=c1c(NO)c2ccccc2nc2ncccc12. The van der Waals surface area contributed by atoms with Crippen molar-refractivity contribution in [2.75, 3.05) is 5.48 Å². The van der Waals surface area contributed by atoms with Crippen molar-refractivity contribution in [1.29, 1.82) is 0 Å². The number of pyridine rings is 1. The third-order valence-corrected chi connectivity index (χ3v) is 2.77. The molecule has 0 aliphatic carbocycles. The van der Waals surface area contributed by atoms with E-state index >= 15 is 0 Å². The molecular weight excluding hydrogens is 230 g/mol. The van der Waals surface area contributed by atoms with Crippen molar-refractivity contribution in [1.82, 2.24) is 9.97 Å². The zero-order valence-electron chi connectivity index (χ0n) is 9.29. The Morgan fingerprint density at radius 2 is 1.83 bits per heavy atom. The largest absolute Gasteiger partial charge is 0.291 e. The highest BCUT2D eigenvalue weighted by molar-refractivity contribution is 5.95. The molecule has 0 radical (unpaired) electrons. The topological polar surface area (TPSA) is 75.1 Å². The Bertz CT molecular complexity index is 802. The molecule has 0 fully saturated rings. The summed E-state index contributed by atoms with van der Waals surface area (Å²) in [5, 5.41) is 10.1. The lowest BCUT2D eigenvalue weighted by atomic mass is 10.2. The van der Waals surface area contributed by atoms with Crippen LogP contribution in [0.15, 0.2) is 47.4 Å². The number of para-hydroxylation sites is 1. The molecule has 0 atom stereocenters. The van der Waals surface area contributed by atoms with Crippen LogP contribution >= 0.6 is 0 Å². The predicted octanol–water partition coefficient (Wildman–Crippen LogP) is 1.94. The first kappa shape index (κ1) is 10.6. The van der Waals surface area contributed by atoms with E-state index in [1.54, 1.807) is 36.5 Å². The summed E-state index contributed by atoms with van der Waals surface area (Å²) in [6, 6.07) is 10.4. The van der Waals surface area contributed by atoms with Gasteiger partial charge in [-0.05, 0) is 18.2 Å². The second-order valence-electron chi connectivity index (χ2n) is 3.82. The molecule has 1 aromatic carbocycles. The molecular formula is C13H9N3O2. The Hall–Kier alpha value is -2.53. The fourth-order valence-electron chi connectivity index (χ4n) is 1.93. The molecule has 88 valence electrons. The lowest BCUT2D eigenvalue weighted by Gasteiger charge is -1.97. The van der Waals surface area contributed by atoms with Gasteiger partial charge in [-0.2, -0.15) is 0 Å². The average Bonchev–Trinajstić information content (AvgIpc) is 2.53. The maximum absolute atomic E-state index is 12.3. The Morgan fingerprint density at radius 3 is 2.67 bits per heavy atom. The van der Waals surface area contributed by atoms with E-state index in [1.807, 2.05) is 11.5 Å². The van der Waals surface area contributed by atoms with Gasteiger partial charge in [-0.15, -0.1) is 0 Å². The van der Waals surface area contributed by atoms with E-state index in [4.69, 9.17) is 0 Å². The standard InChI is InChI=1S/C13H9N3O2/c17-12-9-5-3-7-14-13(9)15-10-6-2-1-4-8(10)11(12)16-18/h1-7,18H,(H,16,17). The van der Waals surface area contributed by atoms with E-state index in [9.17, 15) is 10.0 Å². The molecule has 0 spiro atoms. The number of benzene rings is 1. The van der Waals surface area contributed by atoms with Gasteiger partial charge in [0.2, 0.25) is 5.43 Å². The number of fused-ring (bicyclic) bond motifs is 2. The van der Waals surface area contributed by atoms with Gasteiger partial charge in [-0.1, -0.05) is 18.2 Å². The van der Waals surface area contributed by atoms with E-state index < -0.39 is 0 Å². The molecule has 0 saturated carbocycles. The zero-order chi connectivity index (χ0) is 12.5. The van der Waals surface area contributed by atoms with Gasteiger partial charge in [0.15, 0.2) is 5.65 Å². The van der Waals surface area contributed by atoms with Gasteiger partial charge in [0, 0.05) is 11.6 Å². The van der Waals surface area contributed by atoms with Crippen molar-refractivity contribution in [3.8, 4) is 0 Å². The first-order valence-electron chi connectivity index (χ1n) is 5.39. The highest BCUT2D eigenvalue weighted by Crippen LogP contribution is 2.19. The summed E-state index contributed by atoms with van der Waals surface area (Å²) >= 11 is 0. The first-order valence-corrected chi connectivity index (χ1v) is 5.39. The highest BCUT2D eigenvalue weighted by Gasteiger charge is 2.08. The fraction of sp³-hybridized carbons (Fsp3) is 0. The molecule has 3 aromatic rings. The monoisotopic (exact) mass is 239 g/mol. The van der Waals surface area contributed by atoms with E-state index in [0.717, 1.165) is 0 Å². The first-order chi connectivity index (χ1) is 8.81. The van der Waals surface area contributed by atoms with Crippen LogP contribution in [0.3, 0.4) is 0 Å². The van der Waals surface area contributed by atoms with E-state index in [0.29, 0.717) is 21.9 Å². The van der Waals surface area contributed by atoms with Gasteiger partial charge in [-0.25, -0.2) is 9.97 Å². The highest BCUT2D eigenvalue weighted by atomic mass is 16.5. The van der Waals surface area contributed by atoms with Gasteiger partial charge < -0.3 is 0 Å². The molecule has 5 heteroatoms. The second kappa shape index (κ2) is 4.05. The van der Waals surface area contributed by atoms with Crippen LogP contribution < -0.4 is 10.9 Å². The molecule has 0 unspecified atom stereocenters. The van der Waals surface area contributed by atoms with Gasteiger partial charge in [0.1, 0.15) is 5.69 Å². The fourth-order valence-corrected chi connectivity index (χ4v) is 1.93. The molecule has 2 heterocycles. The minimum absolute atomic E-state index is 0.112. The minimum Gasteiger partial charge on any atom is -0.291 e. The van der Waals surface area contributed by atoms with Crippen LogP contribution in [-0.4, -0.2) is 15.2 Å². The zero-order valence-corrected chi connectivity index (χ0v) is 9.29. The Kier molecular flexibility index (Phi) is 2.39. The summed E-state index contributed by atoms with van der Waals surface area (Å²) < 4.78 is 0. The van der Waals surface area contributed by atoms with Crippen molar-refractivity contribution in [2.45, 2.75) is 0 Å². The molecule has 5 nitrogen and oxygen atoms in total. The molecule has 2 N–H and O–H groups in total. The number of anilines is 1. The van der Waals surface area contributed by atoms with Crippen LogP contribution in [0.5, 0.6) is 0 Å². The molecule has 18 heavy (non-hydrogen) atoms. The maximum atomic E-state index is 12.3. The molecule has 3 rings (SSSR count). The normalized spacial score (nSPS) is 10.7. The van der Waals surface area contributed by atoms with Crippen molar-refractivity contribution in [3.63, 3.8) is 0 Å². The van der Waals surface area contributed by atoms with Crippen molar-refractivity contribution >= 4 is 27.6 Å². The van der Waals surface area contributed by atoms with Crippen LogP contribution in [0.2, 0.25) is 0 Å². The molecule has 0 bridgehead atoms.